The Morgan fingerprint density at radius 1 is 1.39 bits per heavy atom. The fourth-order valence-corrected chi connectivity index (χ4v) is 2.87. The fourth-order valence-electron chi connectivity index (χ4n) is 2.87. The summed E-state index contributed by atoms with van der Waals surface area (Å²) in [6, 6.07) is 7.73. The number of aliphatic hydroxyl groups excluding tert-OH is 1. The third kappa shape index (κ3) is 5.52. The largest absolute Gasteiger partial charge is 0.491 e. The Morgan fingerprint density at radius 3 is 2.70 bits per heavy atom. The summed E-state index contributed by atoms with van der Waals surface area (Å²) >= 11 is 0. The molecule has 5 heteroatoms. The van der Waals surface area contributed by atoms with E-state index >= 15 is 0 Å². The molecule has 0 spiro atoms. The lowest BCUT2D eigenvalue weighted by Gasteiger charge is -2.27. The highest BCUT2D eigenvalue weighted by molar-refractivity contribution is 5.78. The molecule has 128 valence electrons. The van der Waals surface area contributed by atoms with E-state index in [0.29, 0.717) is 6.04 Å². The highest BCUT2D eigenvalue weighted by atomic mass is 16.5. The zero-order valence-electron chi connectivity index (χ0n) is 14.2. The van der Waals surface area contributed by atoms with Gasteiger partial charge in [-0.05, 0) is 57.9 Å². The smallest absolute Gasteiger partial charge is 0.223 e. The third-order valence-corrected chi connectivity index (χ3v) is 4.10. The molecule has 1 aliphatic heterocycles. The van der Waals surface area contributed by atoms with Crippen molar-refractivity contribution in [3.8, 4) is 5.75 Å². The fraction of sp³-hybridized carbons (Fsp3) is 0.611. The van der Waals surface area contributed by atoms with Gasteiger partial charge in [0.15, 0.2) is 0 Å². The number of carbonyl (C=O) groups is 1. The normalized spacial score (nSPS) is 22.7. The summed E-state index contributed by atoms with van der Waals surface area (Å²) in [5.74, 6) is 0.862. The van der Waals surface area contributed by atoms with Gasteiger partial charge in [-0.3, -0.25) is 4.79 Å². The maximum absolute atomic E-state index is 12.2. The third-order valence-electron chi connectivity index (χ3n) is 4.10. The maximum Gasteiger partial charge on any atom is 0.223 e. The molecule has 0 aromatic heterocycles. The molecule has 3 atom stereocenters. The van der Waals surface area contributed by atoms with E-state index in [9.17, 15) is 9.90 Å². The summed E-state index contributed by atoms with van der Waals surface area (Å²) < 4.78 is 5.58. The second kappa shape index (κ2) is 8.31. The van der Waals surface area contributed by atoms with Crippen molar-refractivity contribution in [3.05, 3.63) is 29.8 Å². The van der Waals surface area contributed by atoms with Crippen molar-refractivity contribution in [1.82, 2.24) is 10.6 Å². The van der Waals surface area contributed by atoms with Crippen LogP contribution in [0.3, 0.4) is 0 Å². The van der Waals surface area contributed by atoms with E-state index in [-0.39, 0.29) is 24.5 Å². The van der Waals surface area contributed by atoms with Crippen LogP contribution in [0.1, 0.15) is 45.3 Å². The molecule has 0 aliphatic carbocycles. The Balaban J connectivity index is 1.81. The number of ether oxygens (including phenoxy) is 1. The van der Waals surface area contributed by atoms with Gasteiger partial charge < -0.3 is 20.5 Å². The van der Waals surface area contributed by atoms with Crippen LogP contribution >= 0.6 is 0 Å². The van der Waals surface area contributed by atoms with Crippen molar-refractivity contribution in [2.24, 2.45) is 5.92 Å². The lowest BCUT2D eigenvalue weighted by Crippen LogP contribution is -2.43. The summed E-state index contributed by atoms with van der Waals surface area (Å²) in [5.41, 5.74) is 0.778. The Bertz CT molecular complexity index is 501. The van der Waals surface area contributed by atoms with Gasteiger partial charge in [-0.15, -0.1) is 0 Å². The quantitative estimate of drug-likeness (QED) is 0.750. The van der Waals surface area contributed by atoms with E-state index in [2.05, 4.69) is 17.6 Å². The zero-order valence-corrected chi connectivity index (χ0v) is 14.2. The van der Waals surface area contributed by atoms with E-state index in [4.69, 9.17) is 4.74 Å². The van der Waals surface area contributed by atoms with E-state index in [0.717, 1.165) is 30.7 Å². The molecule has 1 aromatic rings. The first-order valence-corrected chi connectivity index (χ1v) is 8.41. The monoisotopic (exact) mass is 320 g/mol. The molecule has 3 N–H and O–H groups in total. The number of aliphatic hydroxyl groups is 1. The zero-order chi connectivity index (χ0) is 16.8. The van der Waals surface area contributed by atoms with Crippen LogP contribution < -0.4 is 15.4 Å². The minimum Gasteiger partial charge on any atom is -0.491 e. The molecule has 1 fully saturated rings. The van der Waals surface area contributed by atoms with Crippen LogP contribution in [0.2, 0.25) is 0 Å². The summed E-state index contributed by atoms with van der Waals surface area (Å²) in [7, 11) is 0. The predicted molar refractivity (Wildman–Crippen MR) is 90.4 cm³/mol. The molecule has 0 saturated carbocycles. The van der Waals surface area contributed by atoms with Crippen molar-refractivity contribution >= 4 is 5.91 Å². The highest BCUT2D eigenvalue weighted by Crippen LogP contribution is 2.19. The Morgan fingerprint density at radius 2 is 2.09 bits per heavy atom. The number of rotatable bonds is 6. The van der Waals surface area contributed by atoms with Gasteiger partial charge in [0.25, 0.3) is 0 Å². The topological polar surface area (TPSA) is 70.6 Å². The standard InChI is InChI=1S/C18H28N2O3/c1-12(2)23-16-6-4-14(5-7-16)17(21)11-20-18(22)15-8-9-19-13(3)10-15/h4-7,12-13,15,17,19,21H,8-11H2,1-3H3,(H,20,22)/t13-,15-,17?/m0/s1. The SMILES string of the molecule is CC(C)Oc1ccc(C(O)CNC(=O)[C@H]2CCN[C@@H](C)C2)cc1. The first-order valence-electron chi connectivity index (χ1n) is 8.41. The van der Waals surface area contributed by atoms with Gasteiger partial charge in [0.2, 0.25) is 5.91 Å². The van der Waals surface area contributed by atoms with Gasteiger partial charge in [-0.25, -0.2) is 0 Å². The van der Waals surface area contributed by atoms with Crippen molar-refractivity contribution in [1.29, 1.82) is 0 Å². The molecular weight excluding hydrogens is 292 g/mol. The molecule has 2 rings (SSSR count). The number of carbonyl (C=O) groups excluding carboxylic acids is 1. The van der Waals surface area contributed by atoms with Crippen molar-refractivity contribution < 1.29 is 14.6 Å². The first kappa shape index (κ1) is 17.8. The Labute approximate surface area is 138 Å². The van der Waals surface area contributed by atoms with E-state index in [1.165, 1.54) is 0 Å². The second-order valence-corrected chi connectivity index (χ2v) is 6.57. The van der Waals surface area contributed by atoms with Crippen molar-refractivity contribution in [3.63, 3.8) is 0 Å². The van der Waals surface area contributed by atoms with E-state index in [1.54, 1.807) is 0 Å². The lowest BCUT2D eigenvalue weighted by molar-refractivity contribution is -0.126. The van der Waals surface area contributed by atoms with Gasteiger partial charge >= 0.3 is 0 Å². The minimum atomic E-state index is -0.703. The van der Waals surface area contributed by atoms with Crippen molar-refractivity contribution in [2.45, 2.75) is 51.9 Å². The number of piperidine rings is 1. The van der Waals surface area contributed by atoms with Crippen LogP contribution in [0.15, 0.2) is 24.3 Å². The molecule has 0 bridgehead atoms. The maximum atomic E-state index is 12.2. The van der Waals surface area contributed by atoms with Crippen LogP contribution in [0.25, 0.3) is 0 Å². The summed E-state index contributed by atoms with van der Waals surface area (Å²) in [5, 5.41) is 16.4. The Hall–Kier alpha value is -1.59. The molecule has 1 saturated heterocycles. The van der Waals surface area contributed by atoms with Gasteiger partial charge in [0, 0.05) is 18.5 Å². The van der Waals surface area contributed by atoms with Crippen LogP contribution in [-0.2, 0) is 4.79 Å². The number of hydrogen-bond donors (Lipinski definition) is 3. The predicted octanol–water partition coefficient (Wildman–Crippen LogP) is 2.01. The summed E-state index contributed by atoms with van der Waals surface area (Å²) in [4.78, 5) is 12.2. The van der Waals surface area contributed by atoms with Gasteiger partial charge in [-0.2, -0.15) is 0 Å². The minimum absolute atomic E-state index is 0.0390. The number of hydrogen-bond acceptors (Lipinski definition) is 4. The molecule has 5 nitrogen and oxygen atoms in total. The van der Waals surface area contributed by atoms with Crippen LogP contribution in [-0.4, -0.2) is 36.2 Å². The molecule has 0 radical (unpaired) electrons. The molecule has 1 aromatic carbocycles. The van der Waals surface area contributed by atoms with Gasteiger partial charge in [-0.1, -0.05) is 12.1 Å². The lowest BCUT2D eigenvalue weighted by atomic mass is 9.92. The average molecular weight is 320 g/mol. The van der Waals surface area contributed by atoms with Crippen LogP contribution in [0.5, 0.6) is 5.75 Å². The van der Waals surface area contributed by atoms with Gasteiger partial charge in [0.05, 0.1) is 12.2 Å². The molecule has 1 heterocycles. The van der Waals surface area contributed by atoms with Gasteiger partial charge in [0.1, 0.15) is 5.75 Å². The van der Waals surface area contributed by atoms with Crippen molar-refractivity contribution in [2.75, 3.05) is 13.1 Å². The van der Waals surface area contributed by atoms with E-state index in [1.807, 2.05) is 38.1 Å². The van der Waals surface area contributed by atoms with Crippen LogP contribution in [0.4, 0.5) is 0 Å². The molecule has 1 unspecified atom stereocenters. The number of amides is 1. The molecule has 1 amide bonds. The molecule has 23 heavy (non-hydrogen) atoms. The number of nitrogens with one attached hydrogen (secondary N) is 2. The Kier molecular flexibility index (Phi) is 6.42. The van der Waals surface area contributed by atoms with Crippen LogP contribution in [0, 0.1) is 5.92 Å². The highest BCUT2D eigenvalue weighted by Gasteiger charge is 2.24. The summed E-state index contributed by atoms with van der Waals surface area (Å²) in [6.07, 6.45) is 1.13. The average Bonchev–Trinajstić information content (AvgIpc) is 2.52. The first-order chi connectivity index (χ1) is 11.0. The number of benzene rings is 1. The van der Waals surface area contributed by atoms with E-state index < -0.39 is 6.10 Å². The second-order valence-electron chi connectivity index (χ2n) is 6.57. The molecular formula is C18H28N2O3. The summed E-state index contributed by atoms with van der Waals surface area (Å²) in [6.45, 7) is 7.15. The molecule has 1 aliphatic rings.